The Balaban J connectivity index is 2.91. The summed E-state index contributed by atoms with van der Waals surface area (Å²) >= 11 is 1.80. The lowest BCUT2D eigenvalue weighted by molar-refractivity contribution is 0.220. The summed E-state index contributed by atoms with van der Waals surface area (Å²) in [6.07, 6.45) is -0.160. The van der Waals surface area contributed by atoms with Gasteiger partial charge in [-0.3, -0.25) is 0 Å². The second-order valence-electron chi connectivity index (χ2n) is 2.73. The van der Waals surface area contributed by atoms with Gasteiger partial charge in [-0.2, -0.15) is 11.8 Å². The monoisotopic (exact) mass is 163 g/mol. The third kappa shape index (κ3) is 8.27. The van der Waals surface area contributed by atoms with Gasteiger partial charge in [0.1, 0.15) is 0 Å². The van der Waals surface area contributed by atoms with Crippen molar-refractivity contribution in [2.24, 2.45) is 0 Å². The molecule has 0 aromatic rings. The van der Waals surface area contributed by atoms with Crippen molar-refractivity contribution in [1.29, 1.82) is 0 Å². The van der Waals surface area contributed by atoms with E-state index in [2.05, 4.69) is 19.0 Å². The first-order chi connectivity index (χ1) is 4.63. The van der Waals surface area contributed by atoms with Gasteiger partial charge in [0.2, 0.25) is 0 Å². The van der Waals surface area contributed by atoms with Crippen LogP contribution >= 0.6 is 11.8 Å². The predicted molar refractivity (Wildman–Crippen MR) is 47.6 cm³/mol. The first kappa shape index (κ1) is 10.3. The van der Waals surface area contributed by atoms with Crippen molar-refractivity contribution >= 4 is 11.8 Å². The van der Waals surface area contributed by atoms with E-state index in [1.54, 1.807) is 11.8 Å². The number of aliphatic hydroxyl groups excluding tert-OH is 1. The minimum Gasteiger partial charge on any atom is -0.393 e. The summed E-state index contributed by atoms with van der Waals surface area (Å²) in [5.74, 6) is 1.96. The van der Waals surface area contributed by atoms with Crippen LogP contribution in [0.1, 0.15) is 6.92 Å². The standard InChI is InChI=1S/C7H17NOS/c1-7(9)6-10-5-4-8(2)3/h7,9H,4-6H2,1-3H3/t7-/m1/s1. The zero-order chi connectivity index (χ0) is 7.98. The number of hydrogen-bond acceptors (Lipinski definition) is 3. The molecular weight excluding hydrogens is 146 g/mol. The molecule has 0 saturated carbocycles. The SMILES string of the molecule is C[C@@H](O)CSCCN(C)C. The van der Waals surface area contributed by atoms with Crippen LogP contribution in [0.25, 0.3) is 0 Å². The molecule has 0 aliphatic carbocycles. The minimum absolute atomic E-state index is 0.160. The Morgan fingerprint density at radius 3 is 2.50 bits per heavy atom. The predicted octanol–water partition coefficient (Wildman–Crippen LogP) is 0.662. The lowest BCUT2D eigenvalue weighted by atomic mass is 10.5. The van der Waals surface area contributed by atoms with Crippen LogP contribution in [0.3, 0.4) is 0 Å². The molecule has 0 spiro atoms. The molecule has 3 heteroatoms. The summed E-state index contributed by atoms with van der Waals surface area (Å²) in [7, 11) is 4.12. The maximum Gasteiger partial charge on any atom is 0.0602 e. The largest absolute Gasteiger partial charge is 0.393 e. The average molecular weight is 163 g/mol. The fourth-order valence-electron chi connectivity index (χ4n) is 0.501. The van der Waals surface area contributed by atoms with E-state index in [4.69, 9.17) is 5.11 Å². The second-order valence-corrected chi connectivity index (χ2v) is 3.88. The Kier molecular flexibility index (Phi) is 6.17. The molecule has 0 heterocycles. The van der Waals surface area contributed by atoms with Crippen molar-refractivity contribution in [2.75, 3.05) is 32.1 Å². The molecule has 0 unspecified atom stereocenters. The Morgan fingerprint density at radius 2 is 2.10 bits per heavy atom. The molecule has 0 aliphatic heterocycles. The van der Waals surface area contributed by atoms with E-state index in [9.17, 15) is 0 Å². The van der Waals surface area contributed by atoms with Crippen LogP contribution in [0, 0.1) is 0 Å². The summed E-state index contributed by atoms with van der Waals surface area (Å²) in [6.45, 7) is 2.92. The number of aliphatic hydroxyl groups is 1. The van der Waals surface area contributed by atoms with Crippen LogP contribution in [-0.2, 0) is 0 Å². The van der Waals surface area contributed by atoms with Gasteiger partial charge in [0, 0.05) is 18.1 Å². The van der Waals surface area contributed by atoms with Crippen LogP contribution in [0.5, 0.6) is 0 Å². The number of rotatable bonds is 5. The third-order valence-corrected chi connectivity index (χ3v) is 2.23. The van der Waals surface area contributed by atoms with Gasteiger partial charge in [-0.25, -0.2) is 0 Å². The van der Waals surface area contributed by atoms with Gasteiger partial charge in [0.05, 0.1) is 6.10 Å². The van der Waals surface area contributed by atoms with Crippen molar-refractivity contribution in [3.05, 3.63) is 0 Å². The number of thioether (sulfide) groups is 1. The van der Waals surface area contributed by atoms with Crippen molar-refractivity contribution in [1.82, 2.24) is 4.90 Å². The van der Waals surface area contributed by atoms with E-state index in [0.29, 0.717) is 0 Å². The first-order valence-corrected chi connectivity index (χ1v) is 4.69. The Labute approximate surface area is 67.6 Å². The van der Waals surface area contributed by atoms with Crippen LogP contribution < -0.4 is 0 Å². The van der Waals surface area contributed by atoms with Crippen molar-refractivity contribution in [3.63, 3.8) is 0 Å². The maximum atomic E-state index is 8.88. The molecule has 0 amide bonds. The third-order valence-electron chi connectivity index (χ3n) is 1.04. The van der Waals surface area contributed by atoms with Crippen LogP contribution in [0.15, 0.2) is 0 Å². The fraction of sp³-hybridized carbons (Fsp3) is 1.00. The van der Waals surface area contributed by atoms with E-state index < -0.39 is 0 Å². The van der Waals surface area contributed by atoms with E-state index in [1.807, 2.05) is 6.92 Å². The van der Waals surface area contributed by atoms with Crippen LogP contribution in [0.4, 0.5) is 0 Å². The smallest absolute Gasteiger partial charge is 0.0602 e. The van der Waals surface area contributed by atoms with E-state index in [1.165, 1.54) is 0 Å². The van der Waals surface area contributed by atoms with Gasteiger partial charge in [-0.1, -0.05) is 0 Å². The molecule has 0 aliphatic rings. The molecule has 0 saturated heterocycles. The van der Waals surface area contributed by atoms with Gasteiger partial charge in [-0.15, -0.1) is 0 Å². The van der Waals surface area contributed by atoms with Gasteiger partial charge in [0.25, 0.3) is 0 Å². The molecule has 62 valence electrons. The molecule has 0 radical (unpaired) electrons. The van der Waals surface area contributed by atoms with Crippen LogP contribution in [-0.4, -0.2) is 48.3 Å². The maximum absolute atomic E-state index is 8.88. The zero-order valence-corrected chi connectivity index (χ0v) is 7.82. The highest BCUT2D eigenvalue weighted by molar-refractivity contribution is 7.99. The average Bonchev–Trinajstić information content (AvgIpc) is 1.79. The topological polar surface area (TPSA) is 23.5 Å². The normalized spacial score (nSPS) is 14.1. The first-order valence-electron chi connectivity index (χ1n) is 3.53. The molecule has 2 nitrogen and oxygen atoms in total. The summed E-state index contributed by atoms with van der Waals surface area (Å²) in [4.78, 5) is 2.15. The minimum atomic E-state index is -0.160. The highest BCUT2D eigenvalue weighted by atomic mass is 32.2. The summed E-state index contributed by atoms with van der Waals surface area (Å²) in [6, 6.07) is 0. The molecule has 0 aromatic carbocycles. The summed E-state index contributed by atoms with van der Waals surface area (Å²) in [5.41, 5.74) is 0. The van der Waals surface area contributed by atoms with Crippen molar-refractivity contribution < 1.29 is 5.11 Å². The van der Waals surface area contributed by atoms with Gasteiger partial charge < -0.3 is 10.0 Å². The van der Waals surface area contributed by atoms with Gasteiger partial charge >= 0.3 is 0 Å². The van der Waals surface area contributed by atoms with Crippen molar-refractivity contribution in [2.45, 2.75) is 13.0 Å². The number of hydrogen-bond donors (Lipinski definition) is 1. The lowest BCUT2D eigenvalue weighted by Gasteiger charge is -2.09. The molecular formula is C7H17NOS. The van der Waals surface area contributed by atoms with Crippen LogP contribution in [0.2, 0.25) is 0 Å². The van der Waals surface area contributed by atoms with Crippen molar-refractivity contribution in [3.8, 4) is 0 Å². The number of nitrogens with zero attached hydrogens (tertiary/aromatic N) is 1. The quantitative estimate of drug-likeness (QED) is 0.602. The van der Waals surface area contributed by atoms with Gasteiger partial charge in [-0.05, 0) is 21.0 Å². The van der Waals surface area contributed by atoms with E-state index >= 15 is 0 Å². The molecule has 10 heavy (non-hydrogen) atoms. The fourth-order valence-corrected chi connectivity index (χ4v) is 1.50. The molecule has 0 rings (SSSR count). The highest BCUT2D eigenvalue weighted by Gasteiger charge is 1.95. The molecule has 0 fully saturated rings. The van der Waals surface area contributed by atoms with Gasteiger partial charge in [0.15, 0.2) is 0 Å². The highest BCUT2D eigenvalue weighted by Crippen LogP contribution is 2.01. The van der Waals surface area contributed by atoms with E-state index in [-0.39, 0.29) is 6.10 Å². The Bertz CT molecular complexity index is 66.0. The summed E-state index contributed by atoms with van der Waals surface area (Å²) < 4.78 is 0. The Hall–Kier alpha value is 0.270. The molecule has 1 atom stereocenters. The molecule has 0 bridgehead atoms. The lowest BCUT2D eigenvalue weighted by Crippen LogP contribution is -2.16. The summed E-state index contributed by atoms with van der Waals surface area (Å²) in [5, 5.41) is 8.88. The zero-order valence-electron chi connectivity index (χ0n) is 7.00. The second kappa shape index (κ2) is 6.01. The molecule has 0 aromatic heterocycles. The van der Waals surface area contributed by atoms with E-state index in [0.717, 1.165) is 18.1 Å². The molecule has 1 N–H and O–H groups in total. The Morgan fingerprint density at radius 1 is 1.50 bits per heavy atom.